The van der Waals surface area contributed by atoms with Crippen LogP contribution in [-0.4, -0.2) is 21.9 Å². The van der Waals surface area contributed by atoms with E-state index in [1.54, 1.807) is 13.3 Å². The number of nitrogens with zero attached hydrogens (tertiary/aromatic N) is 3. The van der Waals surface area contributed by atoms with Crippen molar-refractivity contribution < 1.29 is 9.15 Å². The highest BCUT2D eigenvalue weighted by Gasteiger charge is 2.15. The van der Waals surface area contributed by atoms with Crippen molar-refractivity contribution in [3.05, 3.63) is 71.7 Å². The van der Waals surface area contributed by atoms with Gasteiger partial charge in [0, 0.05) is 18.8 Å². The predicted molar refractivity (Wildman–Crippen MR) is 118 cm³/mol. The number of nitrogens with one attached hydrogen (secondary N) is 1. The van der Waals surface area contributed by atoms with Crippen LogP contribution in [0.1, 0.15) is 23.9 Å². The van der Waals surface area contributed by atoms with Crippen LogP contribution >= 0.6 is 0 Å². The van der Waals surface area contributed by atoms with Gasteiger partial charge < -0.3 is 20.2 Å². The molecule has 0 aliphatic heterocycles. The van der Waals surface area contributed by atoms with Gasteiger partial charge in [-0.1, -0.05) is 13.0 Å². The van der Waals surface area contributed by atoms with Crippen LogP contribution in [0.5, 0.6) is 5.88 Å². The van der Waals surface area contributed by atoms with E-state index in [2.05, 4.69) is 23.3 Å². The average Bonchev–Trinajstić information content (AvgIpc) is 3.39. The SMILES string of the molecule is CCc1cc(-c2ccc(C)o2)n(-c2ccc(NCc3ccc(OC)nc3)c(N)c2)n1. The molecule has 0 bridgehead atoms. The lowest BCUT2D eigenvalue weighted by Crippen LogP contribution is -2.05. The minimum atomic E-state index is 0.593. The molecule has 3 N–H and O–H groups in total. The fraction of sp³-hybridized carbons (Fsp3) is 0.217. The Kier molecular flexibility index (Phi) is 5.43. The van der Waals surface area contributed by atoms with E-state index in [4.69, 9.17) is 20.0 Å². The zero-order valence-electron chi connectivity index (χ0n) is 17.3. The standard InChI is InChI=1S/C23H25N5O2/c1-4-17-11-21(22-9-5-15(2)30-22)28(27-17)18-7-8-20(19(24)12-18)25-13-16-6-10-23(29-3)26-14-16/h5-12,14,25H,4,13,24H2,1-3H3. The summed E-state index contributed by atoms with van der Waals surface area (Å²) in [5, 5.41) is 8.08. The van der Waals surface area contributed by atoms with Crippen LogP contribution in [0.2, 0.25) is 0 Å². The third-order valence-electron chi connectivity index (χ3n) is 4.88. The smallest absolute Gasteiger partial charge is 0.212 e. The van der Waals surface area contributed by atoms with Gasteiger partial charge in [0.15, 0.2) is 5.76 Å². The first-order chi connectivity index (χ1) is 14.6. The highest BCUT2D eigenvalue weighted by molar-refractivity contribution is 5.70. The normalized spacial score (nSPS) is 10.9. The minimum absolute atomic E-state index is 0.593. The topological polar surface area (TPSA) is 91.1 Å². The number of hydrogen-bond donors (Lipinski definition) is 2. The number of ether oxygens (including phenoxy) is 1. The molecule has 154 valence electrons. The molecule has 0 saturated heterocycles. The number of hydrogen-bond acceptors (Lipinski definition) is 6. The molecule has 0 atom stereocenters. The van der Waals surface area contributed by atoms with Crippen LogP contribution in [0.4, 0.5) is 11.4 Å². The molecule has 0 fully saturated rings. The fourth-order valence-electron chi connectivity index (χ4n) is 3.22. The quantitative estimate of drug-likeness (QED) is 0.438. The second-order valence-electron chi connectivity index (χ2n) is 7.03. The molecule has 0 spiro atoms. The Bertz CT molecular complexity index is 1140. The molecular formula is C23H25N5O2. The summed E-state index contributed by atoms with van der Waals surface area (Å²) in [7, 11) is 1.60. The molecule has 7 nitrogen and oxygen atoms in total. The van der Waals surface area contributed by atoms with Gasteiger partial charge in [0.25, 0.3) is 0 Å². The van der Waals surface area contributed by atoms with E-state index in [1.165, 1.54) is 0 Å². The number of nitrogen functional groups attached to an aromatic ring is 1. The number of aryl methyl sites for hydroxylation is 2. The van der Waals surface area contributed by atoms with E-state index in [0.717, 1.165) is 46.3 Å². The molecule has 0 aliphatic rings. The van der Waals surface area contributed by atoms with Crippen molar-refractivity contribution in [1.29, 1.82) is 0 Å². The molecule has 3 heterocycles. The van der Waals surface area contributed by atoms with Gasteiger partial charge in [-0.3, -0.25) is 0 Å². The Balaban J connectivity index is 1.58. The zero-order valence-corrected chi connectivity index (χ0v) is 17.3. The number of anilines is 2. The molecule has 4 aromatic rings. The highest BCUT2D eigenvalue weighted by Crippen LogP contribution is 2.29. The van der Waals surface area contributed by atoms with Gasteiger partial charge in [-0.05, 0) is 55.3 Å². The molecule has 0 aliphatic carbocycles. The number of furan rings is 1. The highest BCUT2D eigenvalue weighted by atomic mass is 16.5. The molecule has 30 heavy (non-hydrogen) atoms. The summed E-state index contributed by atoms with van der Waals surface area (Å²) in [6.45, 7) is 4.63. The summed E-state index contributed by atoms with van der Waals surface area (Å²) in [4.78, 5) is 4.22. The molecule has 1 aromatic carbocycles. The van der Waals surface area contributed by atoms with E-state index in [1.807, 2.05) is 54.1 Å². The van der Waals surface area contributed by atoms with Gasteiger partial charge in [0.2, 0.25) is 5.88 Å². The molecule has 0 radical (unpaired) electrons. The predicted octanol–water partition coefficient (Wildman–Crippen LogP) is 4.60. The molecular weight excluding hydrogens is 378 g/mol. The third kappa shape index (κ3) is 4.00. The second kappa shape index (κ2) is 8.32. The minimum Gasteiger partial charge on any atom is -0.481 e. The molecule has 0 saturated carbocycles. The number of pyridine rings is 1. The molecule has 0 unspecified atom stereocenters. The van der Waals surface area contributed by atoms with E-state index in [-0.39, 0.29) is 0 Å². The van der Waals surface area contributed by atoms with Gasteiger partial charge in [0.1, 0.15) is 11.5 Å². The Hall–Kier alpha value is -3.74. The van der Waals surface area contributed by atoms with Crippen molar-refractivity contribution in [3.63, 3.8) is 0 Å². The van der Waals surface area contributed by atoms with E-state index < -0.39 is 0 Å². The number of rotatable bonds is 7. The van der Waals surface area contributed by atoms with Gasteiger partial charge in [-0.25, -0.2) is 9.67 Å². The lowest BCUT2D eigenvalue weighted by Gasteiger charge is -2.12. The molecule has 3 aromatic heterocycles. The van der Waals surface area contributed by atoms with Gasteiger partial charge in [-0.15, -0.1) is 0 Å². The summed E-state index contributed by atoms with van der Waals surface area (Å²) in [6.07, 6.45) is 2.62. The monoisotopic (exact) mass is 403 g/mol. The van der Waals surface area contributed by atoms with Crippen molar-refractivity contribution in [1.82, 2.24) is 14.8 Å². The second-order valence-corrected chi connectivity index (χ2v) is 7.03. The summed E-state index contributed by atoms with van der Waals surface area (Å²) in [5.74, 6) is 2.24. The van der Waals surface area contributed by atoms with Crippen LogP contribution in [0.15, 0.2) is 59.1 Å². The first-order valence-electron chi connectivity index (χ1n) is 9.86. The summed E-state index contributed by atoms with van der Waals surface area (Å²) >= 11 is 0. The number of nitrogens with two attached hydrogens (primary N) is 1. The van der Waals surface area contributed by atoms with Gasteiger partial charge in [-0.2, -0.15) is 5.10 Å². The van der Waals surface area contributed by atoms with Crippen molar-refractivity contribution >= 4 is 11.4 Å². The van der Waals surface area contributed by atoms with Crippen LogP contribution in [-0.2, 0) is 13.0 Å². The van der Waals surface area contributed by atoms with Crippen molar-refractivity contribution in [2.24, 2.45) is 0 Å². The van der Waals surface area contributed by atoms with Crippen molar-refractivity contribution in [2.45, 2.75) is 26.8 Å². The lowest BCUT2D eigenvalue weighted by atomic mass is 10.2. The number of aromatic nitrogens is 3. The van der Waals surface area contributed by atoms with E-state index >= 15 is 0 Å². The molecule has 4 rings (SSSR count). The van der Waals surface area contributed by atoms with Crippen LogP contribution in [0.25, 0.3) is 17.1 Å². The number of benzene rings is 1. The average molecular weight is 403 g/mol. The molecule has 0 amide bonds. The first-order valence-corrected chi connectivity index (χ1v) is 9.86. The van der Waals surface area contributed by atoms with Gasteiger partial charge in [0.05, 0.1) is 29.9 Å². The van der Waals surface area contributed by atoms with Crippen molar-refractivity contribution in [2.75, 3.05) is 18.2 Å². The van der Waals surface area contributed by atoms with E-state index in [9.17, 15) is 0 Å². The first kappa shape index (κ1) is 19.6. The maximum Gasteiger partial charge on any atom is 0.212 e. The summed E-state index contributed by atoms with van der Waals surface area (Å²) in [5.41, 5.74) is 11.7. The lowest BCUT2D eigenvalue weighted by molar-refractivity contribution is 0.397. The Labute approximate surface area is 175 Å². The third-order valence-corrected chi connectivity index (χ3v) is 4.88. The maximum atomic E-state index is 6.34. The Morgan fingerprint density at radius 1 is 1.13 bits per heavy atom. The Morgan fingerprint density at radius 3 is 2.63 bits per heavy atom. The summed E-state index contributed by atoms with van der Waals surface area (Å²) in [6, 6.07) is 15.7. The number of methoxy groups -OCH3 is 1. The van der Waals surface area contributed by atoms with Crippen LogP contribution in [0, 0.1) is 6.92 Å². The maximum absolute atomic E-state index is 6.34. The fourth-order valence-corrected chi connectivity index (χ4v) is 3.22. The zero-order chi connectivity index (χ0) is 21.1. The Morgan fingerprint density at radius 2 is 2.00 bits per heavy atom. The largest absolute Gasteiger partial charge is 0.481 e. The van der Waals surface area contributed by atoms with Crippen LogP contribution in [0.3, 0.4) is 0 Å². The van der Waals surface area contributed by atoms with Crippen LogP contribution < -0.4 is 15.8 Å². The van der Waals surface area contributed by atoms with Gasteiger partial charge >= 0.3 is 0 Å². The van der Waals surface area contributed by atoms with E-state index in [0.29, 0.717) is 18.1 Å². The molecule has 7 heteroatoms. The summed E-state index contributed by atoms with van der Waals surface area (Å²) < 4.78 is 12.8. The van der Waals surface area contributed by atoms with Crippen molar-refractivity contribution in [3.8, 4) is 23.0 Å².